The number of carboxylic acids is 1. The molecule has 0 bridgehead atoms. The van der Waals surface area contributed by atoms with Crippen LogP contribution in [0.5, 0.6) is 5.75 Å². The van der Waals surface area contributed by atoms with E-state index < -0.39 is 5.97 Å². The SMILES string of the molecule is O=C(O)CCOc1cccc2c1CCC2=O. The predicted octanol–water partition coefficient (Wildman–Crippen LogP) is 1.67. The van der Waals surface area contributed by atoms with Crippen LogP contribution in [0.4, 0.5) is 0 Å². The number of carboxylic acid groups (broad SMARTS) is 1. The molecule has 4 heteroatoms. The zero-order chi connectivity index (χ0) is 11.5. The number of carbonyl (C=O) groups excluding carboxylic acids is 1. The van der Waals surface area contributed by atoms with Gasteiger partial charge in [0.15, 0.2) is 5.78 Å². The topological polar surface area (TPSA) is 63.6 Å². The van der Waals surface area contributed by atoms with E-state index in [1.165, 1.54) is 0 Å². The smallest absolute Gasteiger partial charge is 0.306 e. The second-order valence-electron chi connectivity index (χ2n) is 3.70. The molecule has 0 fully saturated rings. The van der Waals surface area contributed by atoms with Crippen LogP contribution in [0.2, 0.25) is 0 Å². The van der Waals surface area contributed by atoms with E-state index in [-0.39, 0.29) is 18.8 Å². The van der Waals surface area contributed by atoms with Gasteiger partial charge >= 0.3 is 5.97 Å². The van der Waals surface area contributed by atoms with Gasteiger partial charge in [0.25, 0.3) is 0 Å². The van der Waals surface area contributed by atoms with Crippen molar-refractivity contribution in [2.45, 2.75) is 19.3 Å². The van der Waals surface area contributed by atoms with Crippen molar-refractivity contribution >= 4 is 11.8 Å². The lowest BCUT2D eigenvalue weighted by Gasteiger charge is -2.08. The highest BCUT2D eigenvalue weighted by Crippen LogP contribution is 2.30. The van der Waals surface area contributed by atoms with Crippen LogP contribution >= 0.6 is 0 Å². The lowest BCUT2D eigenvalue weighted by molar-refractivity contribution is -0.137. The number of aliphatic carboxylic acids is 1. The van der Waals surface area contributed by atoms with Crippen LogP contribution in [-0.2, 0) is 11.2 Å². The van der Waals surface area contributed by atoms with Crippen molar-refractivity contribution in [2.75, 3.05) is 6.61 Å². The van der Waals surface area contributed by atoms with Crippen molar-refractivity contribution in [3.63, 3.8) is 0 Å². The maximum atomic E-state index is 11.5. The fourth-order valence-electron chi connectivity index (χ4n) is 1.84. The summed E-state index contributed by atoms with van der Waals surface area (Å²) in [6.07, 6.45) is 1.18. The van der Waals surface area contributed by atoms with Gasteiger partial charge in [-0.05, 0) is 12.5 Å². The van der Waals surface area contributed by atoms with E-state index in [1.807, 2.05) is 0 Å². The quantitative estimate of drug-likeness (QED) is 0.838. The van der Waals surface area contributed by atoms with Gasteiger partial charge < -0.3 is 9.84 Å². The summed E-state index contributed by atoms with van der Waals surface area (Å²) in [7, 11) is 0. The fraction of sp³-hybridized carbons (Fsp3) is 0.333. The normalized spacial score (nSPS) is 13.6. The zero-order valence-corrected chi connectivity index (χ0v) is 8.73. The number of fused-ring (bicyclic) bond motifs is 1. The first-order chi connectivity index (χ1) is 7.68. The van der Waals surface area contributed by atoms with E-state index in [2.05, 4.69) is 0 Å². The Kier molecular flexibility index (Phi) is 2.90. The lowest BCUT2D eigenvalue weighted by atomic mass is 10.1. The molecule has 0 saturated carbocycles. The first-order valence-corrected chi connectivity index (χ1v) is 5.18. The number of ketones is 1. The molecule has 2 rings (SSSR count). The van der Waals surface area contributed by atoms with Crippen LogP contribution in [0.25, 0.3) is 0 Å². The molecule has 0 atom stereocenters. The highest BCUT2D eigenvalue weighted by molar-refractivity contribution is 6.01. The molecule has 0 radical (unpaired) electrons. The molecule has 1 aromatic rings. The third kappa shape index (κ3) is 2.05. The molecule has 84 valence electrons. The molecular formula is C12H12O4. The van der Waals surface area contributed by atoms with Crippen molar-refractivity contribution in [3.8, 4) is 5.75 Å². The molecule has 1 aliphatic rings. The van der Waals surface area contributed by atoms with Gasteiger partial charge in [-0.2, -0.15) is 0 Å². The molecule has 1 aromatic carbocycles. The number of ether oxygens (including phenoxy) is 1. The van der Waals surface area contributed by atoms with Crippen LogP contribution < -0.4 is 4.74 Å². The molecular weight excluding hydrogens is 208 g/mol. The fourth-order valence-corrected chi connectivity index (χ4v) is 1.84. The van der Waals surface area contributed by atoms with Gasteiger partial charge in [-0.1, -0.05) is 12.1 Å². The van der Waals surface area contributed by atoms with Gasteiger partial charge in [0.05, 0.1) is 13.0 Å². The molecule has 1 aliphatic carbocycles. The highest BCUT2D eigenvalue weighted by atomic mass is 16.5. The van der Waals surface area contributed by atoms with Crippen molar-refractivity contribution in [2.24, 2.45) is 0 Å². The Bertz CT molecular complexity index is 437. The van der Waals surface area contributed by atoms with E-state index in [1.54, 1.807) is 18.2 Å². The Hall–Kier alpha value is -1.84. The number of benzene rings is 1. The number of rotatable bonds is 4. The average Bonchev–Trinajstić information content (AvgIpc) is 2.61. The molecule has 4 nitrogen and oxygen atoms in total. The first kappa shape index (κ1) is 10.7. The summed E-state index contributed by atoms with van der Waals surface area (Å²) in [5.41, 5.74) is 1.63. The summed E-state index contributed by atoms with van der Waals surface area (Å²) in [5, 5.41) is 8.49. The maximum Gasteiger partial charge on any atom is 0.306 e. The van der Waals surface area contributed by atoms with E-state index in [9.17, 15) is 9.59 Å². The molecule has 0 aliphatic heterocycles. The number of Topliss-reactive ketones (excluding diaryl/α,β-unsaturated/α-hetero) is 1. The maximum absolute atomic E-state index is 11.5. The summed E-state index contributed by atoms with van der Waals surface area (Å²) in [6, 6.07) is 5.33. The van der Waals surface area contributed by atoms with Crippen LogP contribution in [0, 0.1) is 0 Å². The van der Waals surface area contributed by atoms with Gasteiger partial charge in [0.2, 0.25) is 0 Å². The molecule has 0 heterocycles. The van der Waals surface area contributed by atoms with E-state index >= 15 is 0 Å². The summed E-state index contributed by atoms with van der Waals surface area (Å²) < 4.78 is 5.37. The molecule has 0 aromatic heterocycles. The van der Waals surface area contributed by atoms with Crippen molar-refractivity contribution in [3.05, 3.63) is 29.3 Å². The van der Waals surface area contributed by atoms with Crippen LogP contribution in [-0.4, -0.2) is 23.5 Å². The van der Waals surface area contributed by atoms with Crippen molar-refractivity contribution < 1.29 is 19.4 Å². The lowest BCUT2D eigenvalue weighted by Crippen LogP contribution is -2.06. The highest BCUT2D eigenvalue weighted by Gasteiger charge is 2.22. The van der Waals surface area contributed by atoms with Crippen LogP contribution in [0.1, 0.15) is 28.8 Å². The summed E-state index contributed by atoms with van der Waals surface area (Å²) >= 11 is 0. The Labute approximate surface area is 92.8 Å². The predicted molar refractivity (Wildman–Crippen MR) is 56.8 cm³/mol. The average molecular weight is 220 g/mol. The minimum Gasteiger partial charge on any atom is -0.493 e. The summed E-state index contributed by atoms with van der Waals surface area (Å²) in [5.74, 6) is -0.105. The van der Waals surface area contributed by atoms with Crippen LogP contribution in [0.15, 0.2) is 18.2 Å². The number of carbonyl (C=O) groups is 2. The Morgan fingerprint density at radius 3 is 2.94 bits per heavy atom. The molecule has 0 spiro atoms. The van der Waals surface area contributed by atoms with Gasteiger partial charge in [-0.25, -0.2) is 0 Å². The molecule has 0 amide bonds. The summed E-state index contributed by atoms with van der Waals surface area (Å²) in [6.45, 7) is 0.139. The third-order valence-corrected chi connectivity index (χ3v) is 2.61. The van der Waals surface area contributed by atoms with E-state index in [0.717, 1.165) is 5.56 Å². The molecule has 1 N–H and O–H groups in total. The second-order valence-corrected chi connectivity index (χ2v) is 3.70. The van der Waals surface area contributed by atoms with Gasteiger partial charge in [-0.15, -0.1) is 0 Å². The second kappa shape index (κ2) is 4.35. The van der Waals surface area contributed by atoms with Crippen molar-refractivity contribution in [1.29, 1.82) is 0 Å². The largest absolute Gasteiger partial charge is 0.493 e. The van der Waals surface area contributed by atoms with Gasteiger partial charge in [0, 0.05) is 17.5 Å². The number of hydrogen-bond acceptors (Lipinski definition) is 3. The van der Waals surface area contributed by atoms with E-state index in [0.29, 0.717) is 24.2 Å². The van der Waals surface area contributed by atoms with Crippen molar-refractivity contribution in [1.82, 2.24) is 0 Å². The minimum absolute atomic E-state index is 0.0301. The van der Waals surface area contributed by atoms with Gasteiger partial charge in [0.1, 0.15) is 5.75 Å². The number of hydrogen-bond donors (Lipinski definition) is 1. The van der Waals surface area contributed by atoms with Gasteiger partial charge in [-0.3, -0.25) is 9.59 Å². The third-order valence-electron chi connectivity index (χ3n) is 2.61. The monoisotopic (exact) mass is 220 g/mol. The minimum atomic E-state index is -0.886. The molecule has 16 heavy (non-hydrogen) atoms. The Balaban J connectivity index is 2.11. The molecule has 0 unspecified atom stereocenters. The molecule has 0 saturated heterocycles. The first-order valence-electron chi connectivity index (χ1n) is 5.18. The van der Waals surface area contributed by atoms with E-state index in [4.69, 9.17) is 9.84 Å². The summed E-state index contributed by atoms with van der Waals surface area (Å²) in [4.78, 5) is 21.8. The standard InChI is InChI=1S/C12H12O4/c13-10-5-4-9-8(10)2-1-3-11(9)16-7-6-12(14)15/h1-3H,4-7H2,(H,14,15). The Morgan fingerprint density at radius 2 is 2.19 bits per heavy atom. The van der Waals surface area contributed by atoms with Crippen LogP contribution in [0.3, 0.4) is 0 Å². The Morgan fingerprint density at radius 1 is 1.38 bits per heavy atom. The zero-order valence-electron chi connectivity index (χ0n) is 8.73.